The van der Waals surface area contributed by atoms with Crippen LogP contribution in [0.15, 0.2) is 36.4 Å². The third-order valence-corrected chi connectivity index (χ3v) is 7.25. The highest BCUT2D eigenvalue weighted by atomic mass is 35.5. The van der Waals surface area contributed by atoms with Crippen LogP contribution in [0.4, 0.5) is 0 Å². The normalized spacial score (nSPS) is 12.8. The van der Waals surface area contributed by atoms with Crippen molar-refractivity contribution >= 4 is 46.8 Å². The van der Waals surface area contributed by atoms with E-state index in [4.69, 9.17) is 23.2 Å². The Hall–Kier alpha value is -1.69. The summed E-state index contributed by atoms with van der Waals surface area (Å²) in [6, 6.07) is 11.1. The lowest BCUT2D eigenvalue weighted by molar-refractivity contribution is -0.139. The van der Waals surface area contributed by atoms with Crippen molar-refractivity contribution in [2.24, 2.45) is 0 Å². The Bertz CT molecular complexity index is 927. The molecule has 0 saturated carbocycles. The van der Waals surface area contributed by atoms with Crippen LogP contribution < -0.4 is 5.32 Å². The van der Waals surface area contributed by atoms with Crippen molar-refractivity contribution < 1.29 is 9.59 Å². The third-order valence-electron chi connectivity index (χ3n) is 5.55. The number of amides is 2. The minimum atomic E-state index is -0.597. The number of hydrogen-bond donors (Lipinski definition) is 1. The highest BCUT2D eigenvalue weighted by Crippen LogP contribution is 2.27. The zero-order valence-electron chi connectivity index (χ0n) is 20.1. The van der Waals surface area contributed by atoms with Gasteiger partial charge in [-0.05, 0) is 51.3 Å². The molecule has 2 rings (SSSR count). The quantitative estimate of drug-likeness (QED) is 0.373. The molecule has 2 aromatic carbocycles. The van der Waals surface area contributed by atoms with E-state index in [0.717, 1.165) is 12.2 Å². The van der Waals surface area contributed by atoms with Crippen LogP contribution in [-0.2, 0) is 21.9 Å². The molecule has 0 aliphatic carbocycles. The Balaban J connectivity index is 2.22. The molecular formula is C26H34Cl2N2O2S. The average Bonchev–Trinajstić information content (AvgIpc) is 2.74. The Labute approximate surface area is 212 Å². The number of thioether (sulfide) groups is 1. The van der Waals surface area contributed by atoms with Gasteiger partial charge in [0.15, 0.2) is 0 Å². The monoisotopic (exact) mass is 508 g/mol. The van der Waals surface area contributed by atoms with Crippen LogP contribution >= 0.6 is 35.0 Å². The van der Waals surface area contributed by atoms with Crippen molar-refractivity contribution in [3.05, 3.63) is 68.7 Å². The summed E-state index contributed by atoms with van der Waals surface area (Å²) in [5, 5.41) is 3.99. The van der Waals surface area contributed by atoms with Gasteiger partial charge in [0.1, 0.15) is 6.04 Å². The van der Waals surface area contributed by atoms with E-state index in [1.807, 2.05) is 20.8 Å². The minimum absolute atomic E-state index is 0.0336. The second-order valence-electron chi connectivity index (χ2n) is 8.45. The van der Waals surface area contributed by atoms with Crippen molar-refractivity contribution in [2.75, 3.05) is 5.75 Å². The van der Waals surface area contributed by atoms with Crippen molar-refractivity contribution in [2.45, 2.75) is 71.8 Å². The molecule has 0 aromatic heterocycles. The predicted molar refractivity (Wildman–Crippen MR) is 141 cm³/mol. The van der Waals surface area contributed by atoms with Crippen LogP contribution in [0, 0.1) is 13.8 Å². The van der Waals surface area contributed by atoms with Crippen LogP contribution in [0.25, 0.3) is 0 Å². The molecule has 7 heteroatoms. The standard InChI is InChI=1S/C26H34Cl2N2O2S/c1-6-19(5)29-26(32)24(7-2)30(14-21-22(27)9-8-10-23(21)28)25(31)16-33-15-20-12-17(3)11-18(4)13-20/h8-13,19,24H,6-7,14-16H2,1-5H3,(H,29,32)/t19-,24-/m0/s1. The Kier molecular flexibility index (Phi) is 11.1. The van der Waals surface area contributed by atoms with Crippen molar-refractivity contribution in [3.8, 4) is 0 Å². The largest absolute Gasteiger partial charge is 0.352 e. The summed E-state index contributed by atoms with van der Waals surface area (Å²) in [4.78, 5) is 28.1. The molecule has 1 N–H and O–H groups in total. The van der Waals surface area contributed by atoms with Crippen molar-refractivity contribution in [3.63, 3.8) is 0 Å². The summed E-state index contributed by atoms with van der Waals surface area (Å²) < 4.78 is 0. The maximum Gasteiger partial charge on any atom is 0.243 e. The van der Waals surface area contributed by atoms with Crippen LogP contribution in [0.5, 0.6) is 0 Å². The lowest BCUT2D eigenvalue weighted by atomic mass is 10.1. The number of rotatable bonds is 11. The number of halogens is 2. The molecule has 0 radical (unpaired) electrons. The maximum atomic E-state index is 13.4. The number of benzene rings is 2. The number of carbonyl (C=O) groups excluding carboxylic acids is 2. The predicted octanol–water partition coefficient (Wildman–Crippen LogP) is 6.57. The van der Waals surface area contributed by atoms with E-state index in [1.54, 1.807) is 34.9 Å². The first-order chi connectivity index (χ1) is 15.7. The van der Waals surface area contributed by atoms with E-state index in [1.165, 1.54) is 16.7 Å². The van der Waals surface area contributed by atoms with Crippen molar-refractivity contribution in [1.82, 2.24) is 10.2 Å². The molecule has 0 saturated heterocycles. The molecule has 0 fully saturated rings. The Morgan fingerprint density at radius 2 is 1.64 bits per heavy atom. The van der Waals surface area contributed by atoms with Gasteiger partial charge < -0.3 is 10.2 Å². The number of nitrogens with zero attached hydrogens (tertiary/aromatic N) is 1. The summed E-state index contributed by atoms with van der Waals surface area (Å²) in [7, 11) is 0. The maximum absolute atomic E-state index is 13.4. The molecule has 2 amide bonds. The van der Waals surface area contributed by atoms with Gasteiger partial charge >= 0.3 is 0 Å². The summed E-state index contributed by atoms with van der Waals surface area (Å²) in [5.74, 6) is 0.738. The zero-order chi connectivity index (χ0) is 24.5. The molecule has 0 bridgehead atoms. The molecule has 0 aliphatic heterocycles. The smallest absolute Gasteiger partial charge is 0.243 e. The number of nitrogens with one attached hydrogen (secondary N) is 1. The molecule has 0 heterocycles. The zero-order valence-corrected chi connectivity index (χ0v) is 22.4. The average molecular weight is 510 g/mol. The fourth-order valence-electron chi connectivity index (χ4n) is 3.71. The summed E-state index contributed by atoms with van der Waals surface area (Å²) in [6.45, 7) is 10.2. The van der Waals surface area contributed by atoms with E-state index < -0.39 is 6.04 Å². The number of aryl methyl sites for hydroxylation is 2. The Morgan fingerprint density at radius 3 is 2.18 bits per heavy atom. The molecule has 0 aliphatic rings. The molecular weight excluding hydrogens is 475 g/mol. The summed E-state index contributed by atoms with van der Waals surface area (Å²) >= 11 is 14.3. The van der Waals surface area contributed by atoms with Crippen LogP contribution in [-0.4, -0.2) is 34.6 Å². The summed E-state index contributed by atoms with van der Waals surface area (Å²) in [6.07, 6.45) is 1.32. The fourth-order valence-corrected chi connectivity index (χ4v) is 5.07. The third kappa shape index (κ3) is 8.24. The van der Waals surface area contributed by atoms with E-state index in [9.17, 15) is 9.59 Å². The van der Waals surface area contributed by atoms with Gasteiger partial charge in [0.05, 0.1) is 5.75 Å². The van der Waals surface area contributed by atoms with Gasteiger partial charge in [0.25, 0.3) is 0 Å². The first kappa shape index (κ1) is 27.6. The lowest BCUT2D eigenvalue weighted by Gasteiger charge is -2.32. The van der Waals surface area contributed by atoms with E-state index in [2.05, 4.69) is 37.4 Å². The van der Waals surface area contributed by atoms with E-state index in [-0.39, 0.29) is 30.2 Å². The van der Waals surface area contributed by atoms with E-state index in [0.29, 0.717) is 22.0 Å². The van der Waals surface area contributed by atoms with Gasteiger partial charge in [-0.25, -0.2) is 0 Å². The minimum Gasteiger partial charge on any atom is -0.352 e. The van der Waals surface area contributed by atoms with Gasteiger partial charge in [0.2, 0.25) is 11.8 Å². The van der Waals surface area contributed by atoms with E-state index >= 15 is 0 Å². The highest BCUT2D eigenvalue weighted by molar-refractivity contribution is 7.99. The van der Waals surface area contributed by atoms with Crippen LogP contribution in [0.3, 0.4) is 0 Å². The molecule has 33 heavy (non-hydrogen) atoms. The summed E-state index contributed by atoms with van der Waals surface area (Å²) in [5.41, 5.74) is 4.26. The van der Waals surface area contributed by atoms with Gasteiger partial charge in [0, 0.05) is 33.9 Å². The van der Waals surface area contributed by atoms with Gasteiger partial charge in [-0.15, -0.1) is 11.8 Å². The molecule has 180 valence electrons. The molecule has 0 unspecified atom stereocenters. The van der Waals surface area contributed by atoms with Crippen molar-refractivity contribution in [1.29, 1.82) is 0 Å². The highest BCUT2D eigenvalue weighted by Gasteiger charge is 2.30. The number of carbonyl (C=O) groups is 2. The number of hydrogen-bond acceptors (Lipinski definition) is 3. The Morgan fingerprint density at radius 1 is 1.03 bits per heavy atom. The van der Waals surface area contributed by atoms with Gasteiger partial charge in [-0.2, -0.15) is 0 Å². The molecule has 0 spiro atoms. The fraction of sp³-hybridized carbons (Fsp3) is 0.462. The lowest BCUT2D eigenvalue weighted by Crippen LogP contribution is -2.51. The topological polar surface area (TPSA) is 49.4 Å². The van der Waals surface area contributed by atoms with Gasteiger partial charge in [-0.3, -0.25) is 9.59 Å². The first-order valence-corrected chi connectivity index (χ1v) is 13.2. The molecule has 2 aromatic rings. The second kappa shape index (κ2) is 13.3. The SMILES string of the molecule is CC[C@H](C)NC(=O)[C@H](CC)N(Cc1c(Cl)cccc1Cl)C(=O)CSCc1cc(C)cc(C)c1. The second-order valence-corrected chi connectivity index (χ2v) is 10.3. The van der Waals surface area contributed by atoms with Gasteiger partial charge in [-0.1, -0.05) is 72.4 Å². The molecule has 4 nitrogen and oxygen atoms in total. The van der Waals surface area contributed by atoms with Crippen LogP contribution in [0.2, 0.25) is 10.0 Å². The first-order valence-electron chi connectivity index (χ1n) is 11.3. The van der Waals surface area contributed by atoms with Crippen LogP contribution in [0.1, 0.15) is 55.9 Å². The molecule has 2 atom stereocenters.